The molecule has 0 spiro atoms. The molecule has 4 heteroatoms. The number of hydrogen-bond donors (Lipinski definition) is 1. The molecule has 1 N–H and O–H groups in total. The van der Waals surface area contributed by atoms with Gasteiger partial charge >= 0.3 is 0 Å². The standard InChI is InChI=1S/C17H21N3O/c21-17(11-10-14-6-4-5-7-14)18-16-12-13-20(19-16)15-8-2-1-3-9-15/h1-3,8-9,12-14H,4-7,10-11H2,(H,18,19,21). The Labute approximate surface area is 125 Å². The summed E-state index contributed by atoms with van der Waals surface area (Å²) in [4.78, 5) is 12.0. The van der Waals surface area contributed by atoms with Crippen LogP contribution in [0.5, 0.6) is 0 Å². The minimum absolute atomic E-state index is 0.0696. The van der Waals surface area contributed by atoms with E-state index in [0.717, 1.165) is 18.0 Å². The van der Waals surface area contributed by atoms with Crippen LogP contribution in [0.2, 0.25) is 0 Å². The maximum absolute atomic E-state index is 12.0. The molecule has 0 radical (unpaired) electrons. The van der Waals surface area contributed by atoms with E-state index in [9.17, 15) is 4.79 Å². The molecule has 4 nitrogen and oxygen atoms in total. The number of rotatable bonds is 5. The zero-order valence-electron chi connectivity index (χ0n) is 12.2. The second-order valence-electron chi connectivity index (χ2n) is 5.72. The van der Waals surface area contributed by atoms with Crippen LogP contribution in [0, 0.1) is 5.92 Å². The number of anilines is 1. The minimum Gasteiger partial charge on any atom is -0.309 e. The average Bonchev–Trinajstić information content (AvgIpc) is 3.17. The van der Waals surface area contributed by atoms with E-state index in [4.69, 9.17) is 0 Å². The minimum atomic E-state index is 0.0696. The Morgan fingerprint density at radius 2 is 1.95 bits per heavy atom. The Bertz CT molecular complexity index is 585. The van der Waals surface area contributed by atoms with Crippen LogP contribution >= 0.6 is 0 Å². The van der Waals surface area contributed by atoms with E-state index >= 15 is 0 Å². The van der Waals surface area contributed by atoms with E-state index in [2.05, 4.69) is 10.4 Å². The van der Waals surface area contributed by atoms with Crippen molar-refractivity contribution in [3.05, 3.63) is 42.6 Å². The molecule has 1 aliphatic rings. The third-order valence-electron chi connectivity index (χ3n) is 4.13. The SMILES string of the molecule is O=C(CCC1CCCC1)Nc1ccn(-c2ccccc2)n1. The highest BCUT2D eigenvalue weighted by Gasteiger charge is 2.16. The van der Waals surface area contributed by atoms with Crippen LogP contribution in [0.3, 0.4) is 0 Å². The van der Waals surface area contributed by atoms with Crippen LogP contribution in [-0.4, -0.2) is 15.7 Å². The van der Waals surface area contributed by atoms with Crippen molar-refractivity contribution in [2.24, 2.45) is 5.92 Å². The number of para-hydroxylation sites is 1. The van der Waals surface area contributed by atoms with Gasteiger partial charge in [-0.15, -0.1) is 0 Å². The number of nitrogens with zero attached hydrogens (tertiary/aromatic N) is 2. The molecular formula is C17H21N3O. The zero-order chi connectivity index (χ0) is 14.5. The molecule has 0 atom stereocenters. The van der Waals surface area contributed by atoms with Gasteiger partial charge in [-0.2, -0.15) is 5.10 Å². The third kappa shape index (κ3) is 3.72. The first kappa shape index (κ1) is 13.9. The predicted molar refractivity (Wildman–Crippen MR) is 83.4 cm³/mol. The van der Waals surface area contributed by atoms with Crippen molar-refractivity contribution < 1.29 is 4.79 Å². The highest BCUT2D eigenvalue weighted by molar-refractivity contribution is 5.89. The summed E-state index contributed by atoms with van der Waals surface area (Å²) in [6, 6.07) is 11.7. The van der Waals surface area contributed by atoms with Gasteiger partial charge in [0.1, 0.15) is 0 Å². The molecule has 1 aromatic heterocycles. The lowest BCUT2D eigenvalue weighted by atomic mass is 10.0. The van der Waals surface area contributed by atoms with Crippen LogP contribution in [0.4, 0.5) is 5.82 Å². The van der Waals surface area contributed by atoms with Gasteiger partial charge in [-0.1, -0.05) is 43.9 Å². The fourth-order valence-corrected chi connectivity index (χ4v) is 2.95. The lowest BCUT2D eigenvalue weighted by Crippen LogP contribution is -2.13. The van der Waals surface area contributed by atoms with Gasteiger partial charge in [0, 0.05) is 18.7 Å². The summed E-state index contributed by atoms with van der Waals surface area (Å²) in [5, 5.41) is 7.27. The average molecular weight is 283 g/mol. The van der Waals surface area contributed by atoms with E-state index in [1.54, 1.807) is 4.68 Å². The normalized spacial score (nSPS) is 15.2. The van der Waals surface area contributed by atoms with Crippen LogP contribution in [0.1, 0.15) is 38.5 Å². The molecule has 0 unspecified atom stereocenters. The predicted octanol–water partition coefficient (Wildman–Crippen LogP) is 3.78. The molecule has 1 amide bonds. The van der Waals surface area contributed by atoms with Gasteiger partial charge in [-0.3, -0.25) is 4.79 Å². The summed E-state index contributed by atoms with van der Waals surface area (Å²) in [6.45, 7) is 0. The molecule has 2 aromatic rings. The van der Waals surface area contributed by atoms with E-state index in [1.165, 1.54) is 25.7 Å². The van der Waals surface area contributed by atoms with Crippen LogP contribution in [0.15, 0.2) is 42.6 Å². The molecule has 3 rings (SSSR count). The fourth-order valence-electron chi connectivity index (χ4n) is 2.95. The summed E-state index contributed by atoms with van der Waals surface area (Å²) in [5.74, 6) is 1.44. The van der Waals surface area contributed by atoms with Gasteiger partial charge in [-0.05, 0) is 24.5 Å². The first-order valence-electron chi connectivity index (χ1n) is 7.72. The van der Waals surface area contributed by atoms with Gasteiger partial charge < -0.3 is 5.32 Å². The molecule has 1 fully saturated rings. The number of amides is 1. The Balaban J connectivity index is 1.53. The number of hydrogen-bond acceptors (Lipinski definition) is 2. The number of nitrogens with one attached hydrogen (secondary N) is 1. The van der Waals surface area contributed by atoms with E-state index < -0.39 is 0 Å². The molecule has 0 aliphatic heterocycles. The molecule has 110 valence electrons. The molecule has 0 saturated heterocycles. The van der Waals surface area contributed by atoms with Gasteiger partial charge in [0.05, 0.1) is 5.69 Å². The van der Waals surface area contributed by atoms with Gasteiger partial charge in [0.25, 0.3) is 0 Å². The quantitative estimate of drug-likeness (QED) is 0.907. The van der Waals surface area contributed by atoms with Gasteiger partial charge in [-0.25, -0.2) is 4.68 Å². The van der Waals surface area contributed by atoms with Crippen LogP contribution in [0.25, 0.3) is 5.69 Å². The van der Waals surface area contributed by atoms with E-state index in [1.807, 2.05) is 42.6 Å². The zero-order valence-corrected chi connectivity index (χ0v) is 12.2. The third-order valence-corrected chi connectivity index (χ3v) is 4.13. The van der Waals surface area contributed by atoms with Gasteiger partial charge in [0.2, 0.25) is 5.91 Å². The maximum Gasteiger partial charge on any atom is 0.225 e. The van der Waals surface area contributed by atoms with Crippen LogP contribution < -0.4 is 5.32 Å². The lowest BCUT2D eigenvalue weighted by molar-refractivity contribution is -0.116. The highest BCUT2D eigenvalue weighted by Crippen LogP contribution is 2.28. The van der Waals surface area contributed by atoms with Crippen molar-refractivity contribution in [1.82, 2.24) is 9.78 Å². The number of aromatic nitrogens is 2. The summed E-state index contributed by atoms with van der Waals surface area (Å²) >= 11 is 0. The topological polar surface area (TPSA) is 46.9 Å². The molecule has 1 aromatic carbocycles. The first-order chi connectivity index (χ1) is 10.3. The molecule has 21 heavy (non-hydrogen) atoms. The summed E-state index contributed by atoms with van der Waals surface area (Å²) < 4.78 is 1.77. The smallest absolute Gasteiger partial charge is 0.225 e. The van der Waals surface area contributed by atoms with Gasteiger partial charge in [0.15, 0.2) is 5.82 Å². The second kappa shape index (κ2) is 6.57. The Morgan fingerprint density at radius 3 is 2.71 bits per heavy atom. The monoisotopic (exact) mass is 283 g/mol. The Hall–Kier alpha value is -2.10. The first-order valence-corrected chi connectivity index (χ1v) is 7.72. The largest absolute Gasteiger partial charge is 0.309 e. The highest BCUT2D eigenvalue weighted by atomic mass is 16.1. The number of benzene rings is 1. The van der Waals surface area contributed by atoms with E-state index in [-0.39, 0.29) is 5.91 Å². The van der Waals surface area contributed by atoms with Crippen molar-refractivity contribution in [2.45, 2.75) is 38.5 Å². The molecule has 1 saturated carbocycles. The summed E-state index contributed by atoms with van der Waals surface area (Å²) in [6.07, 6.45) is 8.70. The van der Waals surface area contributed by atoms with Crippen molar-refractivity contribution in [1.29, 1.82) is 0 Å². The summed E-state index contributed by atoms with van der Waals surface area (Å²) in [5.41, 5.74) is 0.990. The molecule has 1 heterocycles. The number of carbonyl (C=O) groups excluding carboxylic acids is 1. The summed E-state index contributed by atoms with van der Waals surface area (Å²) in [7, 11) is 0. The fraction of sp³-hybridized carbons (Fsp3) is 0.412. The molecule has 1 aliphatic carbocycles. The molecular weight excluding hydrogens is 262 g/mol. The Kier molecular flexibility index (Phi) is 4.34. The molecule has 0 bridgehead atoms. The van der Waals surface area contributed by atoms with Crippen LogP contribution in [-0.2, 0) is 4.79 Å². The van der Waals surface area contributed by atoms with Crippen molar-refractivity contribution in [2.75, 3.05) is 5.32 Å². The number of carbonyl (C=O) groups is 1. The Morgan fingerprint density at radius 1 is 1.19 bits per heavy atom. The van der Waals surface area contributed by atoms with Crippen molar-refractivity contribution >= 4 is 11.7 Å². The lowest BCUT2D eigenvalue weighted by Gasteiger charge is -2.07. The maximum atomic E-state index is 12.0. The van der Waals surface area contributed by atoms with Crippen molar-refractivity contribution in [3.63, 3.8) is 0 Å². The second-order valence-corrected chi connectivity index (χ2v) is 5.72. The van der Waals surface area contributed by atoms with E-state index in [0.29, 0.717) is 12.2 Å². The van der Waals surface area contributed by atoms with Crippen molar-refractivity contribution in [3.8, 4) is 5.69 Å².